The number of anilines is 2. The second-order valence-corrected chi connectivity index (χ2v) is 12.0. The zero-order valence-corrected chi connectivity index (χ0v) is 25.6. The zero-order chi connectivity index (χ0) is 32.0. The molecule has 2 N–H and O–H groups in total. The quantitative estimate of drug-likeness (QED) is 0.355. The number of piperidine rings is 1. The predicted molar refractivity (Wildman–Crippen MR) is 167 cm³/mol. The van der Waals surface area contributed by atoms with E-state index >= 15 is 0 Å². The summed E-state index contributed by atoms with van der Waals surface area (Å²) in [4.78, 5) is 21.0. The molecular formula is C33H38F3N7O2. The molecule has 2 aromatic heterocycles. The number of rotatable bonds is 8. The number of carbonyl (C=O) groups is 1. The van der Waals surface area contributed by atoms with Crippen molar-refractivity contribution in [2.24, 2.45) is 0 Å². The van der Waals surface area contributed by atoms with Crippen LogP contribution in [0.3, 0.4) is 0 Å². The van der Waals surface area contributed by atoms with E-state index in [2.05, 4.69) is 38.4 Å². The number of aromatic nitrogens is 2. The van der Waals surface area contributed by atoms with Crippen LogP contribution < -0.4 is 10.6 Å². The van der Waals surface area contributed by atoms with Gasteiger partial charge in [-0.05, 0) is 62.9 Å². The molecule has 1 aromatic carbocycles. The lowest BCUT2D eigenvalue weighted by atomic mass is 9.91. The summed E-state index contributed by atoms with van der Waals surface area (Å²) in [7, 11) is 0. The number of alkyl halides is 3. The lowest BCUT2D eigenvalue weighted by molar-refractivity contribution is -0.140. The summed E-state index contributed by atoms with van der Waals surface area (Å²) >= 11 is 0. The van der Waals surface area contributed by atoms with Crippen LogP contribution in [-0.4, -0.2) is 90.0 Å². The molecule has 238 valence electrons. The monoisotopic (exact) mass is 621 g/mol. The first kappa shape index (κ1) is 32.1. The smallest absolute Gasteiger partial charge is 0.382 e. The molecule has 9 nitrogen and oxygen atoms in total. The van der Waals surface area contributed by atoms with Crippen molar-refractivity contribution in [3.8, 4) is 17.9 Å². The molecule has 0 saturated carbocycles. The van der Waals surface area contributed by atoms with Crippen LogP contribution in [0.1, 0.15) is 38.1 Å². The fraction of sp³-hybridized carbons (Fsp3) is 0.485. The Morgan fingerprint density at radius 3 is 2.53 bits per heavy atom. The van der Waals surface area contributed by atoms with Crippen molar-refractivity contribution in [3.05, 3.63) is 54.0 Å². The highest BCUT2D eigenvalue weighted by Crippen LogP contribution is 2.31. The lowest BCUT2D eigenvalue weighted by Gasteiger charge is -2.34. The molecule has 2 saturated heterocycles. The van der Waals surface area contributed by atoms with Crippen LogP contribution in [0, 0.1) is 23.2 Å². The Balaban J connectivity index is 1.25. The third kappa shape index (κ3) is 8.27. The van der Waals surface area contributed by atoms with E-state index in [1.54, 1.807) is 50.4 Å². The second-order valence-electron chi connectivity index (χ2n) is 12.0. The van der Waals surface area contributed by atoms with E-state index in [1.165, 1.54) is 4.57 Å². The number of nitrogens with zero attached hydrogens (tertiary/aromatic N) is 5. The summed E-state index contributed by atoms with van der Waals surface area (Å²) in [6, 6.07) is 13.0. The van der Waals surface area contributed by atoms with E-state index in [4.69, 9.17) is 4.74 Å². The maximum absolute atomic E-state index is 13.6. The van der Waals surface area contributed by atoms with Crippen LogP contribution >= 0.6 is 0 Å². The lowest BCUT2D eigenvalue weighted by Crippen LogP contribution is -2.48. The van der Waals surface area contributed by atoms with Crippen molar-refractivity contribution in [2.45, 2.75) is 50.9 Å². The molecule has 0 radical (unpaired) electrons. The first-order valence-corrected chi connectivity index (χ1v) is 15.2. The van der Waals surface area contributed by atoms with Gasteiger partial charge in [0.25, 0.3) is 0 Å². The number of nitrogens with one attached hydrogen (secondary N) is 2. The number of hydrogen-bond acceptors (Lipinski definition) is 7. The number of hydrogen-bond donors (Lipinski definition) is 2. The summed E-state index contributed by atoms with van der Waals surface area (Å²) in [6.45, 7) is 6.96. The second kappa shape index (κ2) is 13.8. The predicted octanol–water partition coefficient (Wildman–Crippen LogP) is 4.60. The van der Waals surface area contributed by atoms with Crippen molar-refractivity contribution in [1.82, 2.24) is 19.4 Å². The first-order valence-electron chi connectivity index (χ1n) is 15.2. The summed E-state index contributed by atoms with van der Waals surface area (Å²) in [5, 5.41) is 16.7. The molecule has 2 fully saturated rings. The topological polar surface area (TPSA) is 98.5 Å². The Bertz CT molecular complexity index is 1580. The molecule has 3 aromatic rings. The van der Waals surface area contributed by atoms with E-state index in [-0.39, 0.29) is 24.2 Å². The molecule has 2 aliphatic heterocycles. The summed E-state index contributed by atoms with van der Waals surface area (Å²) in [6.07, 6.45) is -1.17. The standard InChI is InChI=1S/C33H38F3N7O2/c1-32(2,22-37)30-9-8-25(20-39-30)38-12-4-5-26-19-27-28(6-3-7-29(27)43(26)23-33(34,35)36)40-24-10-13-41(14-11-24)21-31(44)42-15-17-45-18-16-42/h3,6-9,19-20,24,38,40H,10-18,21,23H2,1-2H3. The Morgan fingerprint density at radius 1 is 1.11 bits per heavy atom. The molecule has 5 rings (SSSR count). The number of likely N-dealkylation sites (tertiary alicyclic amines) is 1. The highest BCUT2D eigenvalue weighted by atomic mass is 19.4. The minimum Gasteiger partial charge on any atom is -0.382 e. The largest absolute Gasteiger partial charge is 0.406 e. The van der Waals surface area contributed by atoms with Gasteiger partial charge >= 0.3 is 6.18 Å². The average molecular weight is 622 g/mol. The number of pyridine rings is 1. The molecule has 12 heteroatoms. The number of fused-ring (bicyclic) bond motifs is 1. The summed E-state index contributed by atoms with van der Waals surface area (Å²) in [5.74, 6) is 6.00. The number of ether oxygens (including phenoxy) is 1. The Hall–Kier alpha value is -4.26. The van der Waals surface area contributed by atoms with Gasteiger partial charge in [-0.15, -0.1) is 0 Å². The van der Waals surface area contributed by atoms with Gasteiger partial charge in [0.15, 0.2) is 0 Å². The van der Waals surface area contributed by atoms with Gasteiger partial charge in [0, 0.05) is 43.3 Å². The highest BCUT2D eigenvalue weighted by Gasteiger charge is 2.30. The van der Waals surface area contributed by atoms with Crippen LogP contribution in [0.5, 0.6) is 0 Å². The van der Waals surface area contributed by atoms with Gasteiger partial charge in [0.2, 0.25) is 5.91 Å². The van der Waals surface area contributed by atoms with Gasteiger partial charge in [-0.25, -0.2) is 0 Å². The minimum absolute atomic E-state index is 0.124. The van der Waals surface area contributed by atoms with Gasteiger partial charge in [-0.2, -0.15) is 18.4 Å². The van der Waals surface area contributed by atoms with Crippen molar-refractivity contribution in [3.63, 3.8) is 0 Å². The summed E-state index contributed by atoms with van der Waals surface area (Å²) in [5.41, 5.74) is 2.14. The molecule has 0 spiro atoms. The van der Waals surface area contributed by atoms with Gasteiger partial charge in [0.05, 0.1) is 66.6 Å². The maximum atomic E-state index is 13.6. The van der Waals surface area contributed by atoms with Crippen LogP contribution in [0.2, 0.25) is 0 Å². The Morgan fingerprint density at radius 2 is 1.87 bits per heavy atom. The molecule has 0 bridgehead atoms. The molecular weight excluding hydrogens is 583 g/mol. The van der Waals surface area contributed by atoms with Crippen molar-refractivity contribution >= 4 is 28.2 Å². The van der Waals surface area contributed by atoms with Crippen LogP contribution in [0.4, 0.5) is 24.5 Å². The van der Waals surface area contributed by atoms with E-state index in [0.717, 1.165) is 31.6 Å². The number of nitriles is 1. The molecule has 0 atom stereocenters. The van der Waals surface area contributed by atoms with Crippen LogP contribution in [-0.2, 0) is 21.5 Å². The molecule has 1 amide bonds. The van der Waals surface area contributed by atoms with Crippen molar-refractivity contribution in [1.29, 1.82) is 5.26 Å². The Kier molecular flexibility index (Phi) is 9.86. The van der Waals surface area contributed by atoms with E-state index < -0.39 is 18.1 Å². The fourth-order valence-corrected chi connectivity index (χ4v) is 5.63. The summed E-state index contributed by atoms with van der Waals surface area (Å²) < 4.78 is 47.5. The fourth-order valence-electron chi connectivity index (χ4n) is 5.63. The third-order valence-electron chi connectivity index (χ3n) is 8.23. The van der Waals surface area contributed by atoms with E-state index in [9.17, 15) is 23.2 Å². The zero-order valence-electron chi connectivity index (χ0n) is 25.6. The van der Waals surface area contributed by atoms with Crippen molar-refractivity contribution in [2.75, 3.05) is 63.1 Å². The van der Waals surface area contributed by atoms with Crippen LogP contribution in [0.15, 0.2) is 42.6 Å². The number of halogens is 3. The average Bonchev–Trinajstić information content (AvgIpc) is 3.37. The van der Waals surface area contributed by atoms with E-state index in [1.807, 2.05) is 11.0 Å². The van der Waals surface area contributed by atoms with Crippen molar-refractivity contribution < 1.29 is 22.7 Å². The number of morpholine rings is 1. The SMILES string of the molecule is CC(C)(C#N)c1ccc(NCC#Cc2cc3c(NC4CCN(CC(=O)N5CCOCC5)CC4)cccc3n2CC(F)(F)F)cn1. The molecule has 0 aliphatic carbocycles. The highest BCUT2D eigenvalue weighted by molar-refractivity contribution is 5.94. The van der Waals surface area contributed by atoms with Gasteiger partial charge in [-0.3, -0.25) is 14.7 Å². The first-order chi connectivity index (χ1) is 21.5. The van der Waals surface area contributed by atoms with Gasteiger partial charge in [-0.1, -0.05) is 12.0 Å². The molecule has 0 unspecified atom stereocenters. The number of carbonyl (C=O) groups excluding carboxylic acids is 1. The molecule has 45 heavy (non-hydrogen) atoms. The number of amides is 1. The van der Waals surface area contributed by atoms with Gasteiger partial charge < -0.3 is 24.8 Å². The van der Waals surface area contributed by atoms with Gasteiger partial charge in [0.1, 0.15) is 6.54 Å². The molecule has 4 heterocycles. The van der Waals surface area contributed by atoms with Crippen LogP contribution in [0.25, 0.3) is 10.9 Å². The number of benzene rings is 1. The molecule has 2 aliphatic rings. The maximum Gasteiger partial charge on any atom is 0.406 e. The van der Waals surface area contributed by atoms with E-state index in [0.29, 0.717) is 55.1 Å². The minimum atomic E-state index is -4.42. The normalized spacial score (nSPS) is 16.6. The Labute approximate surface area is 261 Å². The third-order valence-corrected chi connectivity index (χ3v) is 8.23.